The maximum atomic E-state index is 6.67. The van der Waals surface area contributed by atoms with Crippen molar-refractivity contribution in [1.29, 1.82) is 0 Å². The van der Waals surface area contributed by atoms with Crippen LogP contribution in [0.1, 0.15) is 0 Å². The first-order valence-electron chi connectivity index (χ1n) is 18.1. The van der Waals surface area contributed by atoms with Crippen LogP contribution in [-0.4, -0.2) is 4.57 Å². The Hall–Kier alpha value is -7.10. The molecule has 0 bridgehead atoms. The van der Waals surface area contributed by atoms with E-state index >= 15 is 0 Å². The fraction of sp³-hybridized carbons (Fsp3) is 0. The Morgan fingerprint density at radius 1 is 0.396 bits per heavy atom. The van der Waals surface area contributed by atoms with E-state index in [2.05, 4.69) is 198 Å². The zero-order valence-corrected chi connectivity index (χ0v) is 28.8. The van der Waals surface area contributed by atoms with Crippen LogP contribution < -0.4 is 4.90 Å². The highest BCUT2D eigenvalue weighted by molar-refractivity contribution is 6.15. The number of hydrogen-bond acceptors (Lipinski definition) is 2. The third kappa shape index (κ3) is 4.61. The van der Waals surface area contributed by atoms with E-state index in [-0.39, 0.29) is 0 Å². The van der Waals surface area contributed by atoms with Gasteiger partial charge in [-0.1, -0.05) is 133 Å². The molecule has 0 radical (unpaired) electrons. The molecular weight excluding hydrogens is 645 g/mol. The first-order chi connectivity index (χ1) is 26.3. The average molecular weight is 677 g/mol. The summed E-state index contributed by atoms with van der Waals surface area (Å²) in [5.41, 5.74) is 10.7. The Bertz CT molecular complexity index is 3170. The van der Waals surface area contributed by atoms with Crippen molar-refractivity contribution in [1.82, 2.24) is 4.57 Å². The lowest BCUT2D eigenvalue weighted by Crippen LogP contribution is -2.10. The molecule has 248 valence electrons. The highest BCUT2D eigenvalue weighted by Gasteiger charge is 2.22. The van der Waals surface area contributed by atoms with Crippen LogP contribution in [0, 0.1) is 0 Å². The molecule has 0 aliphatic carbocycles. The first kappa shape index (κ1) is 29.6. The van der Waals surface area contributed by atoms with Gasteiger partial charge in [0, 0.05) is 38.6 Å². The Kier molecular flexibility index (Phi) is 6.55. The van der Waals surface area contributed by atoms with E-state index in [1.807, 2.05) is 6.07 Å². The minimum Gasteiger partial charge on any atom is -0.454 e. The Labute approximate surface area is 306 Å². The number of furan rings is 1. The molecule has 0 N–H and O–H groups in total. The van der Waals surface area contributed by atoms with Crippen molar-refractivity contribution in [3.8, 4) is 16.8 Å². The molecule has 9 aromatic carbocycles. The molecule has 3 nitrogen and oxygen atoms in total. The average Bonchev–Trinajstić information content (AvgIpc) is 3.77. The molecular formula is C50H32N2O. The highest BCUT2D eigenvalue weighted by atomic mass is 16.3. The lowest BCUT2D eigenvalue weighted by molar-refractivity contribution is 0.669. The van der Waals surface area contributed by atoms with E-state index in [1.165, 1.54) is 49.0 Å². The number of benzene rings is 9. The minimum absolute atomic E-state index is 0.863. The maximum absolute atomic E-state index is 6.67. The van der Waals surface area contributed by atoms with E-state index in [0.717, 1.165) is 50.2 Å². The molecule has 0 aliphatic heterocycles. The number of nitrogens with zero attached hydrogens (tertiary/aromatic N) is 2. The van der Waals surface area contributed by atoms with Crippen LogP contribution in [0.25, 0.3) is 82.1 Å². The predicted molar refractivity (Wildman–Crippen MR) is 223 cm³/mol. The molecule has 11 aromatic rings. The summed E-state index contributed by atoms with van der Waals surface area (Å²) < 4.78 is 9.05. The van der Waals surface area contributed by atoms with Gasteiger partial charge in [-0.2, -0.15) is 0 Å². The monoisotopic (exact) mass is 676 g/mol. The van der Waals surface area contributed by atoms with Crippen molar-refractivity contribution in [2.75, 3.05) is 4.90 Å². The molecule has 53 heavy (non-hydrogen) atoms. The minimum atomic E-state index is 0.863. The third-order valence-electron chi connectivity index (χ3n) is 10.8. The fourth-order valence-corrected chi connectivity index (χ4v) is 8.37. The quantitative estimate of drug-likeness (QED) is 0.169. The van der Waals surface area contributed by atoms with Gasteiger partial charge in [-0.05, 0) is 93.3 Å². The van der Waals surface area contributed by atoms with Gasteiger partial charge >= 0.3 is 0 Å². The molecule has 2 aromatic heterocycles. The zero-order valence-electron chi connectivity index (χ0n) is 28.8. The number of anilines is 3. The van der Waals surface area contributed by atoms with Crippen LogP contribution in [0.4, 0.5) is 17.1 Å². The van der Waals surface area contributed by atoms with Crippen LogP contribution in [0.3, 0.4) is 0 Å². The number of aromatic nitrogens is 1. The van der Waals surface area contributed by atoms with Crippen molar-refractivity contribution in [3.05, 3.63) is 194 Å². The summed E-state index contributed by atoms with van der Waals surface area (Å²) in [6, 6.07) is 69.7. The van der Waals surface area contributed by atoms with Gasteiger partial charge in [0.1, 0.15) is 5.58 Å². The number of rotatable bonds is 5. The molecule has 11 rings (SSSR count). The van der Waals surface area contributed by atoms with Gasteiger partial charge in [0.05, 0.1) is 16.7 Å². The number of hydrogen-bond donors (Lipinski definition) is 0. The SMILES string of the molecule is c1ccc(-n2c3ccccc3c3ccc(N(c4ccc(-c5cc6ccccc6c6ccccc56)cc4)c4cccc5c4oc4ccccc45)cc32)cc1. The molecule has 0 aliphatic rings. The fourth-order valence-electron chi connectivity index (χ4n) is 8.37. The molecule has 0 fully saturated rings. The summed E-state index contributed by atoms with van der Waals surface area (Å²) in [4.78, 5) is 2.35. The molecule has 0 amide bonds. The lowest BCUT2D eigenvalue weighted by Gasteiger charge is -2.26. The van der Waals surface area contributed by atoms with Gasteiger partial charge in [-0.15, -0.1) is 0 Å². The highest BCUT2D eigenvalue weighted by Crippen LogP contribution is 2.45. The lowest BCUT2D eigenvalue weighted by atomic mass is 9.93. The van der Waals surface area contributed by atoms with Crippen molar-refractivity contribution >= 4 is 82.4 Å². The Morgan fingerprint density at radius 3 is 1.89 bits per heavy atom. The van der Waals surface area contributed by atoms with Crippen LogP contribution in [-0.2, 0) is 0 Å². The number of fused-ring (bicyclic) bond motifs is 9. The van der Waals surface area contributed by atoms with Gasteiger partial charge in [-0.3, -0.25) is 0 Å². The van der Waals surface area contributed by atoms with E-state index in [1.54, 1.807) is 0 Å². The number of para-hydroxylation sites is 4. The molecule has 0 spiro atoms. The van der Waals surface area contributed by atoms with E-state index in [0.29, 0.717) is 0 Å². The summed E-state index contributed by atoms with van der Waals surface area (Å²) in [5.74, 6) is 0. The molecule has 0 atom stereocenters. The van der Waals surface area contributed by atoms with Crippen molar-refractivity contribution in [3.63, 3.8) is 0 Å². The topological polar surface area (TPSA) is 21.3 Å². The molecule has 0 saturated heterocycles. The standard InChI is InChI=1S/C50H32N2O/c1-2-14-35(15-3-1)52-46-22-10-8-19-41(46)42-30-29-37(32-48(42)52)51(47-23-12-21-44-43-20-9-11-24-49(43)53-50(44)47)36-27-25-33(26-28-36)45-31-34-13-4-5-16-38(34)39-17-6-7-18-40(39)45/h1-32H. The summed E-state index contributed by atoms with van der Waals surface area (Å²) in [6.45, 7) is 0. The van der Waals surface area contributed by atoms with Gasteiger partial charge in [-0.25, -0.2) is 0 Å². The van der Waals surface area contributed by atoms with Crippen molar-refractivity contribution in [2.45, 2.75) is 0 Å². The summed E-state index contributed by atoms with van der Waals surface area (Å²) in [5, 5.41) is 9.70. The van der Waals surface area contributed by atoms with Crippen LogP contribution >= 0.6 is 0 Å². The van der Waals surface area contributed by atoms with Gasteiger partial charge < -0.3 is 13.9 Å². The van der Waals surface area contributed by atoms with Crippen LogP contribution in [0.5, 0.6) is 0 Å². The second kappa shape index (κ2) is 11.7. The smallest absolute Gasteiger partial charge is 0.159 e. The van der Waals surface area contributed by atoms with E-state index in [4.69, 9.17) is 4.42 Å². The summed E-state index contributed by atoms with van der Waals surface area (Å²) in [7, 11) is 0. The Balaban J connectivity index is 1.15. The normalized spacial score (nSPS) is 11.8. The van der Waals surface area contributed by atoms with E-state index in [9.17, 15) is 0 Å². The largest absolute Gasteiger partial charge is 0.454 e. The third-order valence-corrected chi connectivity index (χ3v) is 10.8. The maximum Gasteiger partial charge on any atom is 0.159 e. The zero-order chi connectivity index (χ0) is 34.9. The van der Waals surface area contributed by atoms with Gasteiger partial charge in [0.15, 0.2) is 5.58 Å². The van der Waals surface area contributed by atoms with Gasteiger partial charge in [0.25, 0.3) is 0 Å². The van der Waals surface area contributed by atoms with Crippen molar-refractivity contribution in [2.24, 2.45) is 0 Å². The second-order valence-electron chi connectivity index (χ2n) is 13.7. The molecule has 3 heteroatoms. The molecule has 0 unspecified atom stereocenters. The molecule has 2 heterocycles. The summed E-state index contributed by atoms with van der Waals surface area (Å²) in [6.07, 6.45) is 0. The van der Waals surface area contributed by atoms with Crippen LogP contribution in [0.15, 0.2) is 199 Å². The summed E-state index contributed by atoms with van der Waals surface area (Å²) >= 11 is 0. The van der Waals surface area contributed by atoms with E-state index < -0.39 is 0 Å². The van der Waals surface area contributed by atoms with Crippen molar-refractivity contribution < 1.29 is 4.42 Å². The second-order valence-corrected chi connectivity index (χ2v) is 13.7. The predicted octanol–water partition coefficient (Wildman–Crippen LogP) is 14.1. The Morgan fingerprint density at radius 2 is 1.04 bits per heavy atom. The van der Waals surface area contributed by atoms with Gasteiger partial charge in [0.2, 0.25) is 0 Å². The first-order valence-corrected chi connectivity index (χ1v) is 18.1. The van der Waals surface area contributed by atoms with Crippen LogP contribution in [0.2, 0.25) is 0 Å². The molecule has 0 saturated carbocycles.